The van der Waals surface area contributed by atoms with Gasteiger partial charge in [-0.1, -0.05) is 12.1 Å². The third-order valence-corrected chi connectivity index (χ3v) is 4.17. The van der Waals surface area contributed by atoms with Crippen molar-refractivity contribution in [1.29, 1.82) is 0 Å². The molecule has 108 valence electrons. The van der Waals surface area contributed by atoms with E-state index in [1.165, 1.54) is 0 Å². The first-order valence-electron chi connectivity index (χ1n) is 7.19. The fraction of sp³-hybridized carbons (Fsp3) is 0.111. The van der Waals surface area contributed by atoms with E-state index in [9.17, 15) is 4.79 Å². The largest absolute Gasteiger partial charge is 0.311 e. The smallest absolute Gasteiger partial charge is 0.250 e. The summed E-state index contributed by atoms with van der Waals surface area (Å²) in [6.07, 6.45) is 2.02. The van der Waals surface area contributed by atoms with E-state index in [1.807, 2.05) is 42.6 Å². The maximum atomic E-state index is 11.7. The lowest BCUT2D eigenvalue weighted by Crippen LogP contribution is -2.14. The van der Waals surface area contributed by atoms with E-state index in [1.54, 1.807) is 17.7 Å². The van der Waals surface area contributed by atoms with Gasteiger partial charge in [-0.25, -0.2) is 4.98 Å². The van der Waals surface area contributed by atoms with Gasteiger partial charge in [0.25, 0.3) is 5.56 Å². The van der Waals surface area contributed by atoms with E-state index < -0.39 is 0 Å². The first kappa shape index (κ1) is 12.8. The first-order chi connectivity index (χ1) is 10.6. The summed E-state index contributed by atoms with van der Waals surface area (Å²) >= 11 is 0. The summed E-state index contributed by atoms with van der Waals surface area (Å²) in [5.41, 5.74) is 5.02. The van der Waals surface area contributed by atoms with Gasteiger partial charge in [0.2, 0.25) is 0 Å². The number of nitrogens with zero attached hydrogens (tertiary/aromatic N) is 3. The molecule has 0 aliphatic rings. The summed E-state index contributed by atoms with van der Waals surface area (Å²) in [5, 5.41) is 1.04. The van der Waals surface area contributed by atoms with Gasteiger partial charge in [-0.05, 0) is 42.6 Å². The number of aromatic nitrogens is 3. The second-order valence-corrected chi connectivity index (χ2v) is 5.48. The quantitative estimate of drug-likeness (QED) is 0.540. The van der Waals surface area contributed by atoms with Crippen molar-refractivity contribution in [2.24, 2.45) is 7.05 Å². The van der Waals surface area contributed by atoms with Crippen LogP contribution < -0.4 is 5.56 Å². The van der Waals surface area contributed by atoms with Gasteiger partial charge in [0.05, 0.1) is 11.2 Å². The molecule has 0 aliphatic heterocycles. The molecule has 3 aromatic heterocycles. The van der Waals surface area contributed by atoms with Crippen molar-refractivity contribution >= 4 is 16.6 Å². The zero-order valence-electron chi connectivity index (χ0n) is 12.4. The molecule has 0 unspecified atom stereocenters. The number of benzene rings is 1. The van der Waals surface area contributed by atoms with Crippen molar-refractivity contribution in [1.82, 2.24) is 14.0 Å². The molecular formula is C18H15N3O. The summed E-state index contributed by atoms with van der Waals surface area (Å²) in [6.45, 7) is 2.07. The molecule has 4 nitrogen and oxygen atoms in total. The molecule has 0 amide bonds. The molecule has 0 fully saturated rings. The summed E-state index contributed by atoms with van der Waals surface area (Å²) in [7, 11) is 1.79. The number of hydrogen-bond donors (Lipinski definition) is 0. The molecule has 4 rings (SSSR count). The minimum atomic E-state index is 0.00385. The molecule has 0 bridgehead atoms. The van der Waals surface area contributed by atoms with Crippen molar-refractivity contribution in [2.75, 3.05) is 0 Å². The zero-order chi connectivity index (χ0) is 15.3. The summed E-state index contributed by atoms with van der Waals surface area (Å²) in [4.78, 5) is 16.4. The van der Waals surface area contributed by atoms with Gasteiger partial charge < -0.3 is 8.97 Å². The fourth-order valence-electron chi connectivity index (χ4n) is 2.92. The average Bonchev–Trinajstić information content (AvgIpc) is 2.88. The topological polar surface area (TPSA) is 39.3 Å². The molecule has 1 aromatic carbocycles. The van der Waals surface area contributed by atoms with Crippen LogP contribution in [0.3, 0.4) is 0 Å². The molecular weight excluding hydrogens is 274 g/mol. The van der Waals surface area contributed by atoms with E-state index in [4.69, 9.17) is 4.98 Å². The SMILES string of the molecule is Cc1c(-c2ccc3c(ccc(=O)n3C)c2)nc2ccccn12. The van der Waals surface area contributed by atoms with Crippen molar-refractivity contribution in [2.45, 2.75) is 6.92 Å². The first-order valence-corrected chi connectivity index (χ1v) is 7.19. The highest BCUT2D eigenvalue weighted by atomic mass is 16.1. The van der Waals surface area contributed by atoms with Crippen molar-refractivity contribution in [3.8, 4) is 11.3 Å². The number of aryl methyl sites for hydroxylation is 2. The molecule has 0 spiro atoms. The summed E-state index contributed by atoms with van der Waals surface area (Å²) < 4.78 is 3.75. The van der Waals surface area contributed by atoms with Crippen LogP contribution in [-0.2, 0) is 7.05 Å². The van der Waals surface area contributed by atoms with E-state index >= 15 is 0 Å². The van der Waals surface area contributed by atoms with Crippen molar-refractivity contribution in [3.05, 3.63) is 70.8 Å². The van der Waals surface area contributed by atoms with Crippen LogP contribution in [0.5, 0.6) is 0 Å². The molecule has 3 heterocycles. The molecule has 0 atom stereocenters. The van der Waals surface area contributed by atoms with E-state index in [0.717, 1.165) is 33.5 Å². The van der Waals surface area contributed by atoms with Crippen LogP contribution in [0.2, 0.25) is 0 Å². The van der Waals surface area contributed by atoms with Crippen LogP contribution in [-0.4, -0.2) is 14.0 Å². The summed E-state index contributed by atoms with van der Waals surface area (Å²) in [5.74, 6) is 0. The lowest BCUT2D eigenvalue weighted by molar-refractivity contribution is 0.906. The second kappa shape index (κ2) is 4.56. The maximum absolute atomic E-state index is 11.7. The Hall–Kier alpha value is -2.88. The van der Waals surface area contributed by atoms with Crippen LogP contribution in [0.15, 0.2) is 59.5 Å². The average molecular weight is 289 g/mol. The highest BCUT2D eigenvalue weighted by Gasteiger charge is 2.11. The Morgan fingerprint density at radius 3 is 2.73 bits per heavy atom. The third-order valence-electron chi connectivity index (χ3n) is 4.17. The van der Waals surface area contributed by atoms with Crippen molar-refractivity contribution < 1.29 is 0 Å². The molecule has 22 heavy (non-hydrogen) atoms. The Bertz CT molecular complexity index is 1070. The zero-order valence-corrected chi connectivity index (χ0v) is 12.4. The number of fused-ring (bicyclic) bond motifs is 2. The third kappa shape index (κ3) is 1.77. The molecule has 0 aliphatic carbocycles. The van der Waals surface area contributed by atoms with Crippen LogP contribution in [0, 0.1) is 6.92 Å². The van der Waals surface area contributed by atoms with Crippen LogP contribution in [0.1, 0.15) is 5.69 Å². The minimum absolute atomic E-state index is 0.00385. The van der Waals surface area contributed by atoms with Crippen LogP contribution in [0.4, 0.5) is 0 Å². The van der Waals surface area contributed by atoms with E-state index in [0.29, 0.717) is 0 Å². The number of pyridine rings is 2. The van der Waals surface area contributed by atoms with Gasteiger partial charge in [-0.3, -0.25) is 4.79 Å². The lowest BCUT2D eigenvalue weighted by atomic mass is 10.1. The van der Waals surface area contributed by atoms with Crippen molar-refractivity contribution in [3.63, 3.8) is 0 Å². The number of imidazole rings is 1. The molecule has 4 heteroatoms. The highest BCUT2D eigenvalue weighted by molar-refractivity contribution is 5.85. The second-order valence-electron chi connectivity index (χ2n) is 5.48. The molecule has 0 saturated heterocycles. The number of rotatable bonds is 1. The monoisotopic (exact) mass is 289 g/mol. The Balaban J connectivity index is 1.98. The van der Waals surface area contributed by atoms with Gasteiger partial charge in [-0.2, -0.15) is 0 Å². The Labute approximate surface area is 127 Å². The lowest BCUT2D eigenvalue weighted by Gasteiger charge is -2.06. The van der Waals surface area contributed by atoms with E-state index in [-0.39, 0.29) is 5.56 Å². The van der Waals surface area contributed by atoms with Crippen LogP contribution in [0.25, 0.3) is 27.8 Å². The molecule has 0 N–H and O–H groups in total. The van der Waals surface area contributed by atoms with Gasteiger partial charge in [0, 0.05) is 30.6 Å². The Morgan fingerprint density at radius 2 is 1.91 bits per heavy atom. The summed E-state index contributed by atoms with van der Waals surface area (Å²) in [6, 6.07) is 15.6. The number of hydrogen-bond acceptors (Lipinski definition) is 2. The van der Waals surface area contributed by atoms with Crippen LogP contribution >= 0.6 is 0 Å². The van der Waals surface area contributed by atoms with Gasteiger partial charge >= 0.3 is 0 Å². The predicted octanol–water partition coefficient (Wildman–Crippen LogP) is 3.16. The van der Waals surface area contributed by atoms with Gasteiger partial charge in [0.1, 0.15) is 5.65 Å². The normalized spacial score (nSPS) is 11.4. The minimum Gasteiger partial charge on any atom is -0.311 e. The highest BCUT2D eigenvalue weighted by Crippen LogP contribution is 2.26. The molecule has 0 saturated carbocycles. The molecule has 0 radical (unpaired) electrons. The Morgan fingerprint density at radius 1 is 1.05 bits per heavy atom. The van der Waals surface area contributed by atoms with Gasteiger partial charge in [0.15, 0.2) is 0 Å². The molecule has 4 aromatic rings. The maximum Gasteiger partial charge on any atom is 0.250 e. The van der Waals surface area contributed by atoms with E-state index in [2.05, 4.69) is 17.4 Å². The predicted molar refractivity (Wildman–Crippen MR) is 88.1 cm³/mol. The fourth-order valence-corrected chi connectivity index (χ4v) is 2.92. The standard InChI is InChI=1S/C18H15N3O/c1-12-18(19-16-5-3-4-10-21(12)16)14-6-8-15-13(11-14)7-9-17(22)20(15)2/h3-11H,1-2H3. The van der Waals surface area contributed by atoms with Gasteiger partial charge in [-0.15, -0.1) is 0 Å². The Kier molecular flexibility index (Phi) is 2.66.